The van der Waals surface area contributed by atoms with Crippen molar-refractivity contribution < 1.29 is 18.7 Å². The second-order valence-electron chi connectivity index (χ2n) is 3.21. The fourth-order valence-corrected chi connectivity index (χ4v) is 1.42. The first-order valence-electron chi connectivity index (χ1n) is 4.85. The lowest BCUT2D eigenvalue weighted by molar-refractivity contribution is 0.0504. The molecule has 0 radical (unpaired) electrons. The van der Waals surface area contributed by atoms with E-state index in [0.29, 0.717) is 0 Å². The number of rotatable bonds is 5. The predicted molar refractivity (Wildman–Crippen MR) is 58.2 cm³/mol. The first-order chi connectivity index (χ1) is 8.04. The van der Waals surface area contributed by atoms with Crippen LogP contribution in [-0.4, -0.2) is 47.0 Å². The molecule has 4 nitrogen and oxygen atoms in total. The number of hydrogen-bond donors (Lipinski definition) is 1. The van der Waals surface area contributed by atoms with Gasteiger partial charge in [0.15, 0.2) is 0 Å². The summed E-state index contributed by atoms with van der Waals surface area (Å²) in [5.74, 6) is -0.679. The molecule has 0 bridgehead atoms. The minimum atomic E-state index is -2.66. The highest BCUT2D eigenvalue weighted by molar-refractivity contribution is 6.29. The maximum Gasteiger partial charge on any atom is 0.272 e. The number of amides is 1. The number of aromatic nitrogens is 1. The third-order valence-electron chi connectivity index (χ3n) is 1.95. The summed E-state index contributed by atoms with van der Waals surface area (Å²) in [5, 5.41) is 8.82. The Hall–Kier alpha value is -1.27. The molecule has 1 aromatic rings. The van der Waals surface area contributed by atoms with Gasteiger partial charge in [-0.2, -0.15) is 0 Å². The van der Waals surface area contributed by atoms with E-state index in [4.69, 9.17) is 16.7 Å². The number of hydrogen-bond acceptors (Lipinski definition) is 3. The van der Waals surface area contributed by atoms with Gasteiger partial charge in [0.1, 0.15) is 10.8 Å². The van der Waals surface area contributed by atoms with E-state index < -0.39 is 18.9 Å². The monoisotopic (exact) mass is 264 g/mol. The maximum absolute atomic E-state index is 12.2. The quantitative estimate of drug-likeness (QED) is 0.819. The first kappa shape index (κ1) is 13.8. The highest BCUT2D eigenvalue weighted by atomic mass is 35.5. The van der Waals surface area contributed by atoms with Crippen LogP contribution in [0.1, 0.15) is 10.5 Å². The lowest BCUT2D eigenvalue weighted by Gasteiger charge is -2.20. The number of alkyl halides is 2. The van der Waals surface area contributed by atoms with Crippen molar-refractivity contribution in [3.63, 3.8) is 0 Å². The van der Waals surface area contributed by atoms with Crippen LogP contribution in [0.4, 0.5) is 8.78 Å². The Morgan fingerprint density at radius 2 is 2.24 bits per heavy atom. The molecule has 0 saturated heterocycles. The molecule has 0 atom stereocenters. The molecule has 1 rings (SSSR count). The smallest absolute Gasteiger partial charge is 0.272 e. The number of nitrogens with zero attached hydrogens (tertiary/aromatic N) is 2. The van der Waals surface area contributed by atoms with Crippen molar-refractivity contribution in [1.82, 2.24) is 9.88 Å². The van der Waals surface area contributed by atoms with Crippen LogP contribution in [0.15, 0.2) is 18.2 Å². The molecular formula is C10H11ClF2N2O2. The second kappa shape index (κ2) is 6.46. The number of pyridine rings is 1. The van der Waals surface area contributed by atoms with Crippen molar-refractivity contribution in [1.29, 1.82) is 0 Å². The van der Waals surface area contributed by atoms with Crippen molar-refractivity contribution in [3.05, 3.63) is 29.0 Å². The summed E-state index contributed by atoms with van der Waals surface area (Å²) in [6.45, 7) is -1.30. The number of aliphatic hydroxyl groups excluding tert-OH is 1. The van der Waals surface area contributed by atoms with Crippen molar-refractivity contribution in [2.45, 2.75) is 6.43 Å². The molecule has 94 valence electrons. The van der Waals surface area contributed by atoms with Crippen LogP contribution in [0, 0.1) is 0 Å². The molecule has 0 aliphatic heterocycles. The van der Waals surface area contributed by atoms with Crippen molar-refractivity contribution in [2.75, 3.05) is 19.7 Å². The summed E-state index contributed by atoms with van der Waals surface area (Å²) in [5.41, 5.74) is -0.0217. The van der Waals surface area contributed by atoms with Gasteiger partial charge >= 0.3 is 0 Å². The molecular weight excluding hydrogens is 254 g/mol. The third kappa shape index (κ3) is 4.24. The van der Waals surface area contributed by atoms with E-state index in [9.17, 15) is 13.6 Å². The van der Waals surface area contributed by atoms with Gasteiger partial charge in [-0.25, -0.2) is 13.8 Å². The zero-order valence-electron chi connectivity index (χ0n) is 8.81. The highest BCUT2D eigenvalue weighted by Crippen LogP contribution is 2.09. The van der Waals surface area contributed by atoms with E-state index >= 15 is 0 Å². The Labute approximate surface area is 102 Å². The molecule has 0 unspecified atom stereocenters. The molecule has 0 fully saturated rings. The predicted octanol–water partition coefficient (Wildman–Crippen LogP) is 1.43. The summed E-state index contributed by atoms with van der Waals surface area (Å²) in [6, 6.07) is 4.36. The van der Waals surface area contributed by atoms with Gasteiger partial charge in [0.25, 0.3) is 12.3 Å². The molecule has 7 heteroatoms. The van der Waals surface area contributed by atoms with Crippen molar-refractivity contribution in [2.24, 2.45) is 0 Å². The minimum absolute atomic E-state index is 0.0217. The van der Waals surface area contributed by atoms with Crippen LogP contribution in [0.25, 0.3) is 0 Å². The van der Waals surface area contributed by atoms with Crippen LogP contribution < -0.4 is 0 Å². The van der Waals surface area contributed by atoms with Crippen LogP contribution in [0.5, 0.6) is 0 Å². The molecule has 0 aliphatic carbocycles. The summed E-state index contributed by atoms with van der Waals surface area (Å²) < 4.78 is 24.5. The molecule has 1 heterocycles. The number of halogens is 3. The number of carbonyl (C=O) groups is 1. The van der Waals surface area contributed by atoms with Crippen molar-refractivity contribution in [3.8, 4) is 0 Å². The SMILES string of the molecule is O=C(c1cccc(Cl)n1)N(CCO)CC(F)F. The third-order valence-corrected chi connectivity index (χ3v) is 2.16. The Kier molecular flexibility index (Phi) is 5.24. The fraction of sp³-hybridized carbons (Fsp3) is 0.400. The zero-order valence-corrected chi connectivity index (χ0v) is 9.57. The van der Waals surface area contributed by atoms with E-state index in [1.54, 1.807) is 0 Å². The Balaban J connectivity index is 2.83. The van der Waals surface area contributed by atoms with Gasteiger partial charge in [0.05, 0.1) is 13.2 Å². The Bertz CT molecular complexity index is 390. The lowest BCUT2D eigenvalue weighted by atomic mass is 10.3. The average Bonchev–Trinajstić information content (AvgIpc) is 2.27. The van der Waals surface area contributed by atoms with Crippen LogP contribution in [0.3, 0.4) is 0 Å². The normalized spacial score (nSPS) is 10.6. The molecule has 0 spiro atoms. The largest absolute Gasteiger partial charge is 0.395 e. The average molecular weight is 265 g/mol. The van der Waals surface area contributed by atoms with Crippen LogP contribution in [0.2, 0.25) is 5.15 Å². The molecule has 17 heavy (non-hydrogen) atoms. The molecule has 0 aliphatic rings. The summed E-state index contributed by atoms with van der Waals surface area (Å²) in [7, 11) is 0. The van der Waals surface area contributed by atoms with E-state index in [-0.39, 0.29) is 24.0 Å². The molecule has 0 aromatic carbocycles. The van der Waals surface area contributed by atoms with E-state index in [0.717, 1.165) is 4.90 Å². The minimum Gasteiger partial charge on any atom is -0.395 e. The van der Waals surface area contributed by atoms with E-state index in [2.05, 4.69) is 4.98 Å². The van der Waals surface area contributed by atoms with Crippen LogP contribution in [-0.2, 0) is 0 Å². The van der Waals surface area contributed by atoms with E-state index in [1.165, 1.54) is 18.2 Å². The topological polar surface area (TPSA) is 53.4 Å². The number of carbonyl (C=O) groups excluding carboxylic acids is 1. The fourth-order valence-electron chi connectivity index (χ4n) is 1.25. The second-order valence-corrected chi connectivity index (χ2v) is 3.60. The van der Waals surface area contributed by atoms with Gasteiger partial charge in [-0.05, 0) is 12.1 Å². The molecule has 1 aromatic heterocycles. The maximum atomic E-state index is 12.2. The molecule has 1 N–H and O–H groups in total. The van der Waals surface area contributed by atoms with Gasteiger partial charge in [-0.1, -0.05) is 17.7 Å². The van der Waals surface area contributed by atoms with Crippen molar-refractivity contribution >= 4 is 17.5 Å². The Morgan fingerprint density at radius 3 is 2.76 bits per heavy atom. The van der Waals surface area contributed by atoms with Gasteiger partial charge in [0.2, 0.25) is 0 Å². The Morgan fingerprint density at radius 1 is 1.53 bits per heavy atom. The number of aliphatic hydroxyl groups is 1. The van der Waals surface area contributed by atoms with Gasteiger partial charge in [-0.15, -0.1) is 0 Å². The highest BCUT2D eigenvalue weighted by Gasteiger charge is 2.20. The lowest BCUT2D eigenvalue weighted by Crippen LogP contribution is -2.37. The summed E-state index contributed by atoms with van der Waals surface area (Å²) in [6.07, 6.45) is -2.66. The standard InChI is InChI=1S/C10H11ClF2N2O2/c11-8-3-1-2-7(14-8)10(17)15(4-5-16)6-9(12)13/h1-3,9,16H,4-6H2. The van der Waals surface area contributed by atoms with E-state index in [1.807, 2.05) is 0 Å². The van der Waals surface area contributed by atoms with Gasteiger partial charge in [0, 0.05) is 6.54 Å². The summed E-state index contributed by atoms with van der Waals surface area (Å²) in [4.78, 5) is 16.4. The van der Waals surface area contributed by atoms with Gasteiger partial charge in [-0.3, -0.25) is 4.79 Å². The van der Waals surface area contributed by atoms with Crippen LogP contribution >= 0.6 is 11.6 Å². The van der Waals surface area contributed by atoms with Gasteiger partial charge < -0.3 is 10.0 Å². The summed E-state index contributed by atoms with van der Waals surface area (Å²) >= 11 is 5.60. The zero-order chi connectivity index (χ0) is 12.8. The first-order valence-corrected chi connectivity index (χ1v) is 5.23. The molecule has 0 saturated carbocycles. The molecule has 1 amide bonds.